The Hall–Kier alpha value is -1.60. The number of aliphatic carboxylic acids is 1. The highest BCUT2D eigenvalue weighted by atomic mass is 79.9. The van der Waals surface area contributed by atoms with Crippen LogP contribution in [0.25, 0.3) is 0 Å². The number of rotatable bonds is 7. The van der Waals surface area contributed by atoms with Crippen LogP contribution in [-0.2, 0) is 16.6 Å². The Morgan fingerprint density at radius 1 is 1.68 bits per heavy atom. The first-order valence-corrected chi connectivity index (χ1v) is 6.29. The summed E-state index contributed by atoms with van der Waals surface area (Å²) in [5.74, 6) is -1.62. The number of ether oxygens (including phenoxy) is 1. The molecule has 6 nitrogen and oxygen atoms in total. The van der Waals surface area contributed by atoms with Crippen molar-refractivity contribution < 1.29 is 19.4 Å². The number of aromatic nitrogens is 1. The average molecular weight is 331 g/mol. The largest absolute Gasteiger partial charge is 0.480 e. The van der Waals surface area contributed by atoms with Crippen LogP contribution in [0.3, 0.4) is 0 Å². The zero-order valence-corrected chi connectivity index (χ0v) is 12.0. The Bertz CT molecular complexity index is 484. The van der Waals surface area contributed by atoms with E-state index in [2.05, 4.69) is 27.8 Å². The SMILES string of the molecule is C=CCOCC(NC(=O)c1cc(Br)cn1C)C(=O)O. The van der Waals surface area contributed by atoms with Crippen LogP contribution in [0, 0.1) is 0 Å². The van der Waals surface area contributed by atoms with E-state index in [1.165, 1.54) is 6.08 Å². The van der Waals surface area contributed by atoms with Crippen molar-refractivity contribution >= 4 is 27.8 Å². The minimum Gasteiger partial charge on any atom is -0.480 e. The van der Waals surface area contributed by atoms with Crippen LogP contribution in [-0.4, -0.2) is 40.8 Å². The number of carbonyl (C=O) groups is 2. The highest BCUT2D eigenvalue weighted by Crippen LogP contribution is 2.13. The second-order valence-corrected chi connectivity index (χ2v) is 4.76. The molecule has 1 unspecified atom stereocenters. The van der Waals surface area contributed by atoms with E-state index in [1.807, 2.05) is 0 Å². The molecule has 0 fully saturated rings. The van der Waals surface area contributed by atoms with Gasteiger partial charge < -0.3 is 19.7 Å². The van der Waals surface area contributed by atoms with Gasteiger partial charge in [-0.1, -0.05) is 6.08 Å². The van der Waals surface area contributed by atoms with Gasteiger partial charge in [0.15, 0.2) is 6.04 Å². The molecule has 0 aromatic carbocycles. The van der Waals surface area contributed by atoms with Crippen molar-refractivity contribution in [2.24, 2.45) is 7.05 Å². The van der Waals surface area contributed by atoms with E-state index < -0.39 is 17.9 Å². The normalized spacial score (nSPS) is 11.9. The van der Waals surface area contributed by atoms with E-state index in [1.54, 1.807) is 23.9 Å². The molecule has 1 aromatic heterocycles. The maximum absolute atomic E-state index is 11.9. The summed E-state index contributed by atoms with van der Waals surface area (Å²) >= 11 is 3.24. The van der Waals surface area contributed by atoms with Crippen LogP contribution in [0.1, 0.15) is 10.5 Å². The van der Waals surface area contributed by atoms with Crippen LogP contribution >= 0.6 is 15.9 Å². The predicted octanol–water partition coefficient (Wildman–Crippen LogP) is 1.17. The van der Waals surface area contributed by atoms with Crippen molar-refractivity contribution in [2.45, 2.75) is 6.04 Å². The first-order chi connectivity index (χ1) is 8.95. The van der Waals surface area contributed by atoms with Crippen molar-refractivity contribution in [2.75, 3.05) is 13.2 Å². The van der Waals surface area contributed by atoms with Gasteiger partial charge in [0.05, 0.1) is 13.2 Å². The lowest BCUT2D eigenvalue weighted by atomic mass is 10.3. The van der Waals surface area contributed by atoms with Gasteiger partial charge in [0, 0.05) is 17.7 Å². The summed E-state index contributed by atoms with van der Waals surface area (Å²) in [5, 5.41) is 11.4. The number of halogens is 1. The van der Waals surface area contributed by atoms with Gasteiger partial charge in [-0.25, -0.2) is 4.79 Å². The fraction of sp³-hybridized carbons (Fsp3) is 0.333. The van der Waals surface area contributed by atoms with Crippen LogP contribution in [0.15, 0.2) is 29.4 Å². The molecule has 0 saturated heterocycles. The van der Waals surface area contributed by atoms with E-state index in [0.29, 0.717) is 5.69 Å². The van der Waals surface area contributed by atoms with Crippen LogP contribution in [0.4, 0.5) is 0 Å². The fourth-order valence-corrected chi connectivity index (χ4v) is 1.95. The quantitative estimate of drug-likeness (QED) is 0.581. The number of nitrogens with zero attached hydrogens (tertiary/aromatic N) is 1. The average Bonchev–Trinajstić information content (AvgIpc) is 2.67. The summed E-state index contributed by atoms with van der Waals surface area (Å²) in [7, 11) is 1.70. The maximum atomic E-state index is 11.9. The highest BCUT2D eigenvalue weighted by molar-refractivity contribution is 9.10. The molecular weight excluding hydrogens is 316 g/mol. The Kier molecular flexibility index (Phi) is 5.78. The number of hydrogen-bond donors (Lipinski definition) is 2. The number of carboxylic acid groups (broad SMARTS) is 1. The Morgan fingerprint density at radius 3 is 2.84 bits per heavy atom. The molecule has 1 rings (SSSR count). The number of carboxylic acids is 1. The molecule has 0 aliphatic heterocycles. The molecule has 0 bridgehead atoms. The molecule has 2 N–H and O–H groups in total. The third-order valence-electron chi connectivity index (χ3n) is 2.33. The molecule has 0 radical (unpaired) electrons. The van der Waals surface area contributed by atoms with Gasteiger partial charge in [-0.15, -0.1) is 6.58 Å². The molecule has 1 atom stereocenters. The van der Waals surface area contributed by atoms with E-state index >= 15 is 0 Å². The van der Waals surface area contributed by atoms with Crippen LogP contribution in [0.5, 0.6) is 0 Å². The standard InChI is InChI=1S/C12H15BrN2O4/c1-3-4-19-7-9(12(17)18)14-11(16)10-5-8(13)6-15(10)2/h3,5-6,9H,1,4,7H2,2H3,(H,14,16)(H,17,18). The van der Waals surface area contributed by atoms with Gasteiger partial charge in [-0.05, 0) is 22.0 Å². The number of carbonyl (C=O) groups excluding carboxylic acids is 1. The molecule has 0 saturated carbocycles. The molecule has 0 aliphatic carbocycles. The minimum atomic E-state index is -1.15. The lowest BCUT2D eigenvalue weighted by Gasteiger charge is -2.14. The first-order valence-electron chi connectivity index (χ1n) is 5.50. The van der Waals surface area contributed by atoms with Gasteiger partial charge in [0.25, 0.3) is 5.91 Å². The Labute approximate surface area is 119 Å². The van der Waals surface area contributed by atoms with E-state index in [0.717, 1.165) is 4.47 Å². The van der Waals surface area contributed by atoms with Gasteiger partial charge in [0.2, 0.25) is 0 Å². The Morgan fingerprint density at radius 2 is 2.37 bits per heavy atom. The van der Waals surface area contributed by atoms with Crippen LogP contribution < -0.4 is 5.32 Å². The molecule has 1 aromatic rings. The van der Waals surface area contributed by atoms with Crippen molar-refractivity contribution in [3.8, 4) is 0 Å². The molecule has 104 valence electrons. The number of hydrogen-bond acceptors (Lipinski definition) is 3. The van der Waals surface area contributed by atoms with Crippen molar-refractivity contribution in [1.29, 1.82) is 0 Å². The predicted molar refractivity (Wildman–Crippen MR) is 73.0 cm³/mol. The third-order valence-corrected chi connectivity index (χ3v) is 2.76. The lowest BCUT2D eigenvalue weighted by Crippen LogP contribution is -2.44. The second-order valence-electron chi connectivity index (χ2n) is 3.84. The summed E-state index contributed by atoms with van der Waals surface area (Å²) in [5.41, 5.74) is 0.363. The fourth-order valence-electron chi connectivity index (χ4n) is 1.43. The van der Waals surface area contributed by atoms with Gasteiger partial charge in [0.1, 0.15) is 5.69 Å². The molecule has 19 heavy (non-hydrogen) atoms. The van der Waals surface area contributed by atoms with E-state index in [4.69, 9.17) is 9.84 Å². The van der Waals surface area contributed by atoms with Gasteiger partial charge >= 0.3 is 5.97 Å². The van der Waals surface area contributed by atoms with Gasteiger partial charge in [-0.2, -0.15) is 0 Å². The Balaban J connectivity index is 2.68. The number of nitrogens with one attached hydrogen (secondary N) is 1. The van der Waals surface area contributed by atoms with Crippen LogP contribution in [0.2, 0.25) is 0 Å². The number of aryl methyl sites for hydroxylation is 1. The summed E-state index contributed by atoms with van der Waals surface area (Å²) in [6.45, 7) is 3.58. The summed E-state index contributed by atoms with van der Waals surface area (Å²) in [6.07, 6.45) is 3.22. The summed E-state index contributed by atoms with van der Waals surface area (Å²) in [4.78, 5) is 22.9. The lowest BCUT2D eigenvalue weighted by molar-refractivity contribution is -0.140. The van der Waals surface area contributed by atoms with Gasteiger partial charge in [-0.3, -0.25) is 4.79 Å². The minimum absolute atomic E-state index is 0.112. The smallest absolute Gasteiger partial charge is 0.328 e. The molecule has 7 heteroatoms. The van der Waals surface area contributed by atoms with Crippen molar-refractivity contribution in [1.82, 2.24) is 9.88 Å². The highest BCUT2D eigenvalue weighted by Gasteiger charge is 2.22. The zero-order chi connectivity index (χ0) is 14.4. The number of amides is 1. The van der Waals surface area contributed by atoms with E-state index in [-0.39, 0.29) is 13.2 Å². The first kappa shape index (κ1) is 15.5. The summed E-state index contributed by atoms with van der Waals surface area (Å²) < 4.78 is 7.39. The third kappa shape index (κ3) is 4.53. The van der Waals surface area contributed by atoms with Crippen molar-refractivity contribution in [3.63, 3.8) is 0 Å². The zero-order valence-electron chi connectivity index (χ0n) is 10.4. The molecule has 1 amide bonds. The monoisotopic (exact) mass is 330 g/mol. The summed E-state index contributed by atoms with van der Waals surface area (Å²) in [6, 6.07) is 0.514. The van der Waals surface area contributed by atoms with E-state index in [9.17, 15) is 9.59 Å². The van der Waals surface area contributed by atoms with Crippen molar-refractivity contribution in [3.05, 3.63) is 35.1 Å². The second kappa shape index (κ2) is 7.10. The molecule has 0 spiro atoms. The maximum Gasteiger partial charge on any atom is 0.328 e. The molecule has 1 heterocycles. The molecular formula is C12H15BrN2O4. The molecule has 0 aliphatic rings. The topological polar surface area (TPSA) is 80.6 Å².